The summed E-state index contributed by atoms with van der Waals surface area (Å²) in [4.78, 5) is 0. The predicted molar refractivity (Wildman–Crippen MR) is 74.4 cm³/mol. The van der Waals surface area contributed by atoms with Crippen molar-refractivity contribution in [3.63, 3.8) is 0 Å². The second-order valence-corrected chi connectivity index (χ2v) is 7.83. The molecule has 0 aliphatic rings. The van der Waals surface area contributed by atoms with Crippen LogP contribution in [-0.4, -0.2) is 21.8 Å². The first kappa shape index (κ1) is 15.3. The Kier molecular flexibility index (Phi) is 6.53. The molecule has 1 aromatic carbocycles. The molecule has 2 nitrogen and oxygen atoms in total. The van der Waals surface area contributed by atoms with Crippen molar-refractivity contribution in [2.75, 3.05) is 13.2 Å². The van der Waals surface area contributed by atoms with Crippen LogP contribution in [0.4, 0.5) is 4.39 Å². The average molecular weight is 270 g/mol. The summed E-state index contributed by atoms with van der Waals surface area (Å²) in [5.74, 6) is -0.165. The highest BCUT2D eigenvalue weighted by Crippen LogP contribution is 2.18. The molecule has 0 amide bonds. The van der Waals surface area contributed by atoms with Crippen LogP contribution in [0.15, 0.2) is 24.3 Å². The quantitative estimate of drug-likeness (QED) is 0.667. The number of benzene rings is 1. The summed E-state index contributed by atoms with van der Waals surface area (Å²) in [7, 11) is -2.01. The molecule has 0 heterocycles. The van der Waals surface area contributed by atoms with Gasteiger partial charge in [0.1, 0.15) is 5.82 Å². The van der Waals surface area contributed by atoms with Crippen LogP contribution in [-0.2, 0) is 15.3 Å². The first-order valence-corrected chi connectivity index (χ1v) is 9.14. The van der Waals surface area contributed by atoms with E-state index in [1.54, 1.807) is 12.1 Å². The second-order valence-electron chi connectivity index (χ2n) is 4.48. The van der Waals surface area contributed by atoms with Gasteiger partial charge in [-0.3, -0.25) is 0 Å². The van der Waals surface area contributed by atoms with Crippen molar-refractivity contribution in [1.82, 2.24) is 0 Å². The molecule has 0 aliphatic heterocycles. The van der Waals surface area contributed by atoms with E-state index in [0.29, 0.717) is 13.2 Å². The van der Waals surface area contributed by atoms with Crippen LogP contribution in [0, 0.1) is 5.82 Å². The molecular weight excluding hydrogens is 247 g/mol. The second kappa shape index (κ2) is 7.66. The van der Waals surface area contributed by atoms with Gasteiger partial charge in [0.05, 0.1) is 0 Å². The van der Waals surface area contributed by atoms with Crippen molar-refractivity contribution in [2.45, 2.75) is 39.3 Å². The highest BCUT2D eigenvalue weighted by molar-refractivity contribution is 6.66. The zero-order chi connectivity index (χ0) is 13.4. The molecule has 0 aromatic heterocycles. The zero-order valence-electron chi connectivity index (χ0n) is 11.5. The van der Waals surface area contributed by atoms with E-state index in [1.165, 1.54) is 6.07 Å². The van der Waals surface area contributed by atoms with Gasteiger partial charge >= 0.3 is 8.56 Å². The van der Waals surface area contributed by atoms with Crippen LogP contribution in [0.1, 0.15) is 25.8 Å². The van der Waals surface area contributed by atoms with Crippen LogP contribution < -0.4 is 0 Å². The lowest BCUT2D eigenvalue weighted by molar-refractivity contribution is 0.188. The SMILES string of the molecule is CCO[Si](C)(CCCc1cccc(F)c1)OCC. The molecule has 1 aromatic rings. The molecule has 0 unspecified atom stereocenters. The van der Waals surface area contributed by atoms with Gasteiger partial charge in [0.15, 0.2) is 0 Å². The van der Waals surface area contributed by atoms with E-state index in [4.69, 9.17) is 8.85 Å². The Balaban J connectivity index is 2.43. The maximum Gasteiger partial charge on any atom is 0.334 e. The lowest BCUT2D eigenvalue weighted by Crippen LogP contribution is -2.38. The minimum Gasteiger partial charge on any atom is -0.395 e. The summed E-state index contributed by atoms with van der Waals surface area (Å²) < 4.78 is 24.6. The summed E-state index contributed by atoms with van der Waals surface area (Å²) in [6.45, 7) is 7.49. The van der Waals surface area contributed by atoms with Gasteiger partial charge in [0.2, 0.25) is 0 Å². The van der Waals surface area contributed by atoms with Crippen LogP contribution in [0.5, 0.6) is 0 Å². The molecule has 0 aliphatic carbocycles. The molecule has 0 spiro atoms. The van der Waals surface area contributed by atoms with E-state index in [0.717, 1.165) is 24.4 Å². The Morgan fingerprint density at radius 1 is 1.17 bits per heavy atom. The molecule has 0 saturated heterocycles. The van der Waals surface area contributed by atoms with Gasteiger partial charge in [-0.15, -0.1) is 0 Å². The van der Waals surface area contributed by atoms with E-state index in [-0.39, 0.29) is 5.82 Å². The maximum atomic E-state index is 13.0. The first-order chi connectivity index (χ1) is 8.59. The smallest absolute Gasteiger partial charge is 0.334 e. The normalized spacial score (nSPS) is 11.8. The van der Waals surface area contributed by atoms with Gasteiger partial charge in [-0.05, 0) is 57.0 Å². The highest BCUT2D eigenvalue weighted by atomic mass is 28.4. The molecule has 0 saturated carbocycles. The molecule has 0 radical (unpaired) electrons. The standard InChI is InChI=1S/C14H23FO2Si/c1-4-16-18(3,17-5-2)11-7-9-13-8-6-10-14(15)12-13/h6,8,10,12H,4-5,7,9,11H2,1-3H3. The Bertz CT molecular complexity index is 351. The van der Waals surface area contributed by atoms with E-state index in [9.17, 15) is 4.39 Å². The van der Waals surface area contributed by atoms with E-state index in [1.807, 2.05) is 19.9 Å². The average Bonchev–Trinajstić information content (AvgIpc) is 2.29. The first-order valence-electron chi connectivity index (χ1n) is 6.62. The van der Waals surface area contributed by atoms with Crippen LogP contribution in [0.25, 0.3) is 0 Å². The van der Waals surface area contributed by atoms with Gasteiger partial charge in [0.25, 0.3) is 0 Å². The fourth-order valence-corrected chi connectivity index (χ4v) is 4.52. The minimum atomic E-state index is -2.01. The van der Waals surface area contributed by atoms with Gasteiger partial charge < -0.3 is 8.85 Å². The summed E-state index contributed by atoms with van der Waals surface area (Å²) in [5.41, 5.74) is 1.04. The Hall–Kier alpha value is -0.713. The van der Waals surface area contributed by atoms with Crippen molar-refractivity contribution in [3.8, 4) is 0 Å². The third-order valence-corrected chi connectivity index (χ3v) is 5.95. The topological polar surface area (TPSA) is 18.5 Å². The van der Waals surface area contributed by atoms with Gasteiger partial charge in [0, 0.05) is 13.2 Å². The molecule has 18 heavy (non-hydrogen) atoms. The number of hydrogen-bond donors (Lipinski definition) is 0. The zero-order valence-corrected chi connectivity index (χ0v) is 12.5. The molecule has 102 valence electrons. The van der Waals surface area contributed by atoms with E-state index < -0.39 is 8.56 Å². The largest absolute Gasteiger partial charge is 0.395 e. The third kappa shape index (κ3) is 5.29. The Labute approximate surface area is 110 Å². The minimum absolute atomic E-state index is 0.165. The lowest BCUT2D eigenvalue weighted by atomic mass is 10.1. The molecular formula is C14H23FO2Si. The summed E-state index contributed by atoms with van der Waals surface area (Å²) >= 11 is 0. The molecule has 4 heteroatoms. The molecule has 0 fully saturated rings. The monoisotopic (exact) mass is 270 g/mol. The van der Waals surface area contributed by atoms with Gasteiger partial charge in [-0.2, -0.15) is 0 Å². The highest BCUT2D eigenvalue weighted by Gasteiger charge is 2.29. The van der Waals surface area contributed by atoms with Crippen molar-refractivity contribution in [1.29, 1.82) is 0 Å². The number of rotatable bonds is 8. The van der Waals surface area contributed by atoms with Crippen molar-refractivity contribution in [3.05, 3.63) is 35.6 Å². The lowest BCUT2D eigenvalue weighted by Gasteiger charge is -2.25. The summed E-state index contributed by atoms with van der Waals surface area (Å²) in [5, 5.41) is 0. The molecule has 0 bridgehead atoms. The van der Waals surface area contributed by atoms with Crippen molar-refractivity contribution in [2.24, 2.45) is 0 Å². The fourth-order valence-electron chi connectivity index (χ4n) is 2.10. The molecule has 0 atom stereocenters. The van der Waals surface area contributed by atoms with Crippen LogP contribution in [0.3, 0.4) is 0 Å². The van der Waals surface area contributed by atoms with Gasteiger partial charge in [-0.25, -0.2) is 4.39 Å². The number of hydrogen-bond acceptors (Lipinski definition) is 2. The maximum absolute atomic E-state index is 13.0. The van der Waals surface area contributed by atoms with Crippen LogP contribution in [0.2, 0.25) is 12.6 Å². The fraction of sp³-hybridized carbons (Fsp3) is 0.571. The Morgan fingerprint density at radius 3 is 2.39 bits per heavy atom. The van der Waals surface area contributed by atoms with Gasteiger partial charge in [-0.1, -0.05) is 12.1 Å². The van der Waals surface area contributed by atoms with E-state index in [2.05, 4.69) is 6.55 Å². The number of aryl methyl sites for hydroxylation is 1. The predicted octanol–water partition coefficient (Wildman–Crippen LogP) is 3.90. The Morgan fingerprint density at radius 2 is 1.83 bits per heavy atom. The summed E-state index contributed by atoms with van der Waals surface area (Å²) in [6, 6.07) is 7.74. The summed E-state index contributed by atoms with van der Waals surface area (Å²) in [6.07, 6.45) is 1.85. The van der Waals surface area contributed by atoms with E-state index >= 15 is 0 Å². The third-order valence-electron chi connectivity index (χ3n) is 2.88. The van der Waals surface area contributed by atoms with Crippen LogP contribution >= 0.6 is 0 Å². The molecule has 0 N–H and O–H groups in total. The number of halogens is 1. The van der Waals surface area contributed by atoms with Crippen molar-refractivity contribution >= 4 is 8.56 Å². The van der Waals surface area contributed by atoms with Crippen molar-refractivity contribution < 1.29 is 13.2 Å². The molecule has 1 rings (SSSR count).